The molecule has 3 aromatic rings. The molecule has 1 atom stereocenters. The Hall–Kier alpha value is -2.60. The van der Waals surface area contributed by atoms with E-state index in [-0.39, 0.29) is 5.94 Å². The number of rotatable bonds is 5. The Balaban J connectivity index is 1.48. The Morgan fingerprint density at radius 3 is 2.88 bits per heavy atom. The first-order valence-corrected chi connectivity index (χ1v) is 13.4. The van der Waals surface area contributed by atoms with Gasteiger partial charge >= 0.3 is 0 Å². The molecule has 0 radical (unpaired) electrons. The number of hydrogen-bond acceptors (Lipinski definition) is 8. The van der Waals surface area contributed by atoms with Gasteiger partial charge in [0, 0.05) is 49.3 Å². The van der Waals surface area contributed by atoms with Crippen molar-refractivity contribution >= 4 is 43.0 Å². The summed E-state index contributed by atoms with van der Waals surface area (Å²) in [5.41, 5.74) is 7.07. The molecular formula is C21H23N5O4S2. The summed E-state index contributed by atoms with van der Waals surface area (Å²) in [5, 5.41) is 0. The highest BCUT2D eigenvalue weighted by Gasteiger charge is 2.21. The van der Waals surface area contributed by atoms with Gasteiger partial charge in [-0.1, -0.05) is 6.07 Å². The van der Waals surface area contributed by atoms with Crippen LogP contribution in [0.15, 0.2) is 36.7 Å². The fraction of sp³-hybridized carbons (Fsp3) is 0.333. The van der Waals surface area contributed by atoms with E-state index in [2.05, 4.69) is 40.1 Å². The van der Waals surface area contributed by atoms with Crippen molar-refractivity contribution < 1.29 is 17.3 Å². The fourth-order valence-corrected chi connectivity index (χ4v) is 6.18. The number of likely N-dealkylation sites (N-methyl/N-ethyl adjacent to an activating group) is 1. The Morgan fingerprint density at radius 2 is 2.03 bits per heavy atom. The maximum Gasteiger partial charge on any atom is 0.243 e. The number of sulfonamides is 1. The number of pyridine rings is 1. The molecule has 0 aliphatic carbocycles. The van der Waals surface area contributed by atoms with E-state index in [0.717, 1.165) is 24.2 Å². The Morgan fingerprint density at radius 1 is 1.19 bits per heavy atom. The van der Waals surface area contributed by atoms with Gasteiger partial charge in [-0.25, -0.2) is 18.4 Å². The quantitative estimate of drug-likeness (QED) is 0.521. The average molecular weight is 474 g/mol. The molecule has 4 heterocycles. The molecule has 1 unspecified atom stereocenters. The standard InChI is InChI=1S/C21H23N5O4S2/c1-25-8-5-16-11-15(3-4-19(16)25)17-12-18-20(23-7-6-22-18)21(24-17)29-14-31-13-26(9-10-30-31)32(2,27)28/h3-4,6-7,11-13H,5,8-10,14H2,1-2H3. The molecule has 2 aromatic heterocycles. The van der Waals surface area contributed by atoms with Gasteiger partial charge in [0.25, 0.3) is 0 Å². The number of hydrogen-bond donors (Lipinski definition) is 0. The molecule has 0 saturated heterocycles. The molecule has 0 bridgehead atoms. The highest BCUT2D eigenvalue weighted by molar-refractivity contribution is 8.11. The first-order valence-electron chi connectivity index (χ1n) is 10.1. The van der Waals surface area contributed by atoms with Crippen molar-refractivity contribution in [3.05, 3.63) is 42.2 Å². The van der Waals surface area contributed by atoms with Gasteiger partial charge < -0.3 is 13.8 Å². The van der Waals surface area contributed by atoms with Crippen LogP contribution in [0.3, 0.4) is 0 Å². The van der Waals surface area contributed by atoms with Gasteiger partial charge in [0.05, 0.1) is 24.1 Å². The van der Waals surface area contributed by atoms with Crippen molar-refractivity contribution in [1.82, 2.24) is 19.3 Å². The lowest BCUT2D eigenvalue weighted by molar-refractivity contribution is 0.315. The van der Waals surface area contributed by atoms with Crippen molar-refractivity contribution in [3.8, 4) is 17.1 Å². The van der Waals surface area contributed by atoms with Gasteiger partial charge in [-0.2, -0.15) is 4.31 Å². The topological polar surface area (TPSA) is 97.8 Å². The molecule has 2 aliphatic rings. The van der Waals surface area contributed by atoms with Crippen LogP contribution >= 0.6 is 10.8 Å². The number of nitrogens with zero attached hydrogens (tertiary/aromatic N) is 5. The van der Waals surface area contributed by atoms with E-state index in [0.29, 0.717) is 30.1 Å². The van der Waals surface area contributed by atoms with Gasteiger partial charge in [-0.05, 0) is 40.9 Å². The summed E-state index contributed by atoms with van der Waals surface area (Å²) in [5.74, 6) is 0.493. The number of anilines is 1. The Kier molecular flexibility index (Phi) is 5.58. The number of ether oxygens (including phenoxy) is 1. The minimum Gasteiger partial charge on any atom is -0.463 e. The summed E-state index contributed by atoms with van der Waals surface area (Å²) in [7, 11) is -2.04. The second kappa shape index (κ2) is 8.39. The van der Waals surface area contributed by atoms with Crippen LogP contribution in [-0.4, -0.2) is 72.1 Å². The Bertz CT molecular complexity index is 1330. The lowest BCUT2D eigenvalue weighted by Crippen LogP contribution is -2.34. The molecule has 0 saturated carbocycles. The molecule has 168 valence electrons. The predicted octanol–water partition coefficient (Wildman–Crippen LogP) is 2.26. The van der Waals surface area contributed by atoms with Crippen LogP contribution in [0.5, 0.6) is 5.88 Å². The molecule has 0 spiro atoms. The van der Waals surface area contributed by atoms with Gasteiger partial charge in [-0.15, -0.1) is 0 Å². The lowest BCUT2D eigenvalue weighted by Gasteiger charge is -2.23. The molecule has 0 N–H and O–H groups in total. The van der Waals surface area contributed by atoms with E-state index in [1.54, 1.807) is 17.9 Å². The predicted molar refractivity (Wildman–Crippen MR) is 126 cm³/mol. The number of aromatic nitrogens is 3. The minimum absolute atomic E-state index is 0.142. The zero-order valence-electron chi connectivity index (χ0n) is 17.8. The smallest absolute Gasteiger partial charge is 0.243 e. The average Bonchev–Trinajstić information content (AvgIpc) is 3.17. The first kappa shape index (κ1) is 21.3. The first-order chi connectivity index (χ1) is 15.4. The summed E-state index contributed by atoms with van der Waals surface area (Å²) in [6.07, 6.45) is 5.42. The summed E-state index contributed by atoms with van der Waals surface area (Å²) in [4.78, 5) is 15.8. The Labute approximate surface area is 189 Å². The van der Waals surface area contributed by atoms with Gasteiger partial charge in [0.1, 0.15) is 0 Å². The fourth-order valence-electron chi connectivity index (χ4n) is 3.79. The van der Waals surface area contributed by atoms with Crippen LogP contribution in [0.1, 0.15) is 5.56 Å². The van der Waals surface area contributed by atoms with Gasteiger partial charge in [0.2, 0.25) is 15.9 Å². The van der Waals surface area contributed by atoms with Gasteiger partial charge in [-0.3, -0.25) is 4.98 Å². The van der Waals surface area contributed by atoms with Crippen molar-refractivity contribution in [2.24, 2.45) is 0 Å². The van der Waals surface area contributed by atoms with Crippen LogP contribution in [-0.2, 0) is 20.6 Å². The van der Waals surface area contributed by atoms with Crippen molar-refractivity contribution in [2.45, 2.75) is 6.42 Å². The van der Waals surface area contributed by atoms with Crippen molar-refractivity contribution in [2.75, 3.05) is 43.8 Å². The zero-order valence-corrected chi connectivity index (χ0v) is 19.4. The van der Waals surface area contributed by atoms with Gasteiger partial charge in [0.15, 0.2) is 11.5 Å². The van der Waals surface area contributed by atoms with Crippen LogP contribution in [0.2, 0.25) is 0 Å². The third-order valence-corrected chi connectivity index (χ3v) is 8.03. The molecule has 0 amide bonds. The summed E-state index contributed by atoms with van der Waals surface area (Å²) >= 11 is 0. The zero-order chi connectivity index (χ0) is 22.3. The molecule has 11 heteroatoms. The lowest BCUT2D eigenvalue weighted by atomic mass is 10.1. The van der Waals surface area contributed by atoms with Crippen LogP contribution < -0.4 is 9.64 Å². The van der Waals surface area contributed by atoms with E-state index in [9.17, 15) is 8.42 Å². The third kappa shape index (κ3) is 4.20. The monoisotopic (exact) mass is 473 g/mol. The van der Waals surface area contributed by atoms with Crippen molar-refractivity contribution in [1.29, 1.82) is 0 Å². The minimum atomic E-state index is -3.32. The van der Waals surface area contributed by atoms with E-state index < -0.39 is 20.8 Å². The van der Waals surface area contributed by atoms with E-state index >= 15 is 0 Å². The molecule has 32 heavy (non-hydrogen) atoms. The number of fused-ring (bicyclic) bond motifs is 2. The second-order valence-corrected chi connectivity index (χ2v) is 11.1. The van der Waals surface area contributed by atoms with E-state index in [1.807, 2.05) is 6.07 Å². The normalized spacial score (nSPS) is 19.1. The molecule has 2 aliphatic heterocycles. The largest absolute Gasteiger partial charge is 0.463 e. The molecule has 5 rings (SSSR count). The summed E-state index contributed by atoms with van der Waals surface area (Å²) in [6.45, 7) is 1.62. The highest BCUT2D eigenvalue weighted by Crippen LogP contribution is 2.33. The van der Waals surface area contributed by atoms with Crippen LogP contribution in [0, 0.1) is 0 Å². The van der Waals surface area contributed by atoms with E-state index in [4.69, 9.17) is 13.9 Å². The molecule has 1 aromatic carbocycles. The molecule has 9 nitrogen and oxygen atoms in total. The maximum absolute atomic E-state index is 11.9. The molecule has 0 fully saturated rings. The number of benzene rings is 1. The summed E-state index contributed by atoms with van der Waals surface area (Å²) < 4.78 is 36.7. The maximum atomic E-state index is 11.9. The SMILES string of the molecule is CN1CCc2cc(-c3cc4nccnc4c(OCS4=CN(S(C)(=O)=O)CCO4)n3)ccc21. The third-order valence-electron chi connectivity index (χ3n) is 5.45. The second-order valence-electron chi connectivity index (χ2n) is 7.70. The van der Waals surface area contributed by atoms with Crippen molar-refractivity contribution in [3.63, 3.8) is 0 Å². The van der Waals surface area contributed by atoms with Crippen LogP contribution in [0.25, 0.3) is 22.3 Å². The summed E-state index contributed by atoms with van der Waals surface area (Å²) in [6, 6.07) is 8.24. The molecular weight excluding hydrogens is 450 g/mol. The van der Waals surface area contributed by atoms with Crippen LogP contribution in [0.4, 0.5) is 5.69 Å². The highest BCUT2D eigenvalue weighted by atomic mass is 32.2. The van der Waals surface area contributed by atoms with E-state index in [1.165, 1.54) is 21.8 Å².